The van der Waals surface area contributed by atoms with E-state index in [9.17, 15) is 13.2 Å². The molecule has 144 valence electrons. The van der Waals surface area contributed by atoms with Crippen molar-refractivity contribution in [3.05, 3.63) is 23.8 Å². The third-order valence-corrected chi connectivity index (χ3v) is 7.42. The first-order chi connectivity index (χ1) is 12.3. The number of aryl methyl sites for hydroxylation is 1. The molecule has 7 heteroatoms. The Labute approximate surface area is 156 Å². The van der Waals surface area contributed by atoms with E-state index in [-0.39, 0.29) is 10.8 Å². The number of likely N-dealkylation sites (tertiary alicyclic amines) is 1. The molecule has 3 rings (SSSR count). The number of carbonyl (C=O) groups excluding carboxylic acids is 1. The number of sulfonamides is 1. The molecule has 2 saturated heterocycles. The Kier molecular flexibility index (Phi) is 5.58. The molecule has 1 aromatic carbocycles. The lowest BCUT2D eigenvalue weighted by Gasteiger charge is -2.34. The van der Waals surface area contributed by atoms with Crippen LogP contribution in [0, 0.1) is 12.8 Å². The Morgan fingerprint density at radius 3 is 2.50 bits per heavy atom. The Morgan fingerprint density at radius 1 is 1.15 bits per heavy atom. The van der Waals surface area contributed by atoms with Crippen LogP contribution in [-0.2, 0) is 14.8 Å². The number of carbonyl (C=O) groups is 1. The fourth-order valence-corrected chi connectivity index (χ4v) is 5.72. The second-order valence-corrected chi connectivity index (χ2v) is 9.29. The zero-order valence-electron chi connectivity index (χ0n) is 15.8. The fourth-order valence-electron chi connectivity index (χ4n) is 3.83. The van der Waals surface area contributed by atoms with Gasteiger partial charge in [0.1, 0.15) is 16.7 Å². The fraction of sp³-hybridized carbons (Fsp3) is 0.632. The van der Waals surface area contributed by atoms with Crippen molar-refractivity contribution in [2.75, 3.05) is 26.7 Å². The quantitative estimate of drug-likeness (QED) is 0.805. The van der Waals surface area contributed by atoms with E-state index in [2.05, 4.69) is 6.92 Å². The topological polar surface area (TPSA) is 66.9 Å². The van der Waals surface area contributed by atoms with Crippen LogP contribution in [-0.4, -0.2) is 56.3 Å². The molecule has 0 aliphatic carbocycles. The predicted octanol–water partition coefficient (Wildman–Crippen LogP) is 2.42. The minimum absolute atomic E-state index is 0.0513. The maximum atomic E-state index is 13.3. The van der Waals surface area contributed by atoms with Crippen molar-refractivity contribution in [3.8, 4) is 5.75 Å². The van der Waals surface area contributed by atoms with Gasteiger partial charge in [-0.1, -0.05) is 13.0 Å². The Morgan fingerprint density at radius 2 is 1.85 bits per heavy atom. The van der Waals surface area contributed by atoms with Gasteiger partial charge >= 0.3 is 0 Å². The number of hydrogen-bond donors (Lipinski definition) is 0. The highest BCUT2D eigenvalue weighted by Crippen LogP contribution is 2.33. The van der Waals surface area contributed by atoms with Gasteiger partial charge < -0.3 is 9.64 Å². The predicted molar refractivity (Wildman–Crippen MR) is 99.6 cm³/mol. The average Bonchev–Trinajstić information content (AvgIpc) is 3.12. The van der Waals surface area contributed by atoms with Gasteiger partial charge in [-0.2, -0.15) is 4.31 Å². The number of piperidine rings is 1. The van der Waals surface area contributed by atoms with Crippen molar-refractivity contribution in [3.63, 3.8) is 0 Å². The average molecular weight is 381 g/mol. The van der Waals surface area contributed by atoms with Crippen molar-refractivity contribution in [1.29, 1.82) is 0 Å². The first kappa shape index (κ1) is 19.2. The van der Waals surface area contributed by atoms with E-state index in [1.807, 2.05) is 17.9 Å². The summed E-state index contributed by atoms with van der Waals surface area (Å²) in [5, 5.41) is 0. The largest absolute Gasteiger partial charge is 0.495 e. The highest BCUT2D eigenvalue weighted by atomic mass is 32.2. The molecule has 0 bridgehead atoms. The summed E-state index contributed by atoms with van der Waals surface area (Å²) >= 11 is 0. The Balaban J connectivity index is 1.87. The van der Waals surface area contributed by atoms with Crippen LogP contribution >= 0.6 is 0 Å². The van der Waals surface area contributed by atoms with Crippen LogP contribution in [0.15, 0.2) is 23.1 Å². The van der Waals surface area contributed by atoms with Crippen LogP contribution in [0.25, 0.3) is 0 Å². The molecule has 2 heterocycles. The molecule has 0 saturated carbocycles. The van der Waals surface area contributed by atoms with Gasteiger partial charge in [0.2, 0.25) is 15.9 Å². The smallest absolute Gasteiger partial charge is 0.247 e. The Hall–Kier alpha value is -1.60. The van der Waals surface area contributed by atoms with Crippen molar-refractivity contribution < 1.29 is 17.9 Å². The normalized spacial score (nSPS) is 22.6. The molecule has 0 aromatic heterocycles. The van der Waals surface area contributed by atoms with E-state index in [1.54, 1.807) is 12.1 Å². The number of ether oxygens (including phenoxy) is 1. The molecule has 26 heavy (non-hydrogen) atoms. The maximum absolute atomic E-state index is 13.3. The number of amides is 1. The van der Waals surface area contributed by atoms with Gasteiger partial charge in [-0.05, 0) is 56.2 Å². The third kappa shape index (κ3) is 3.60. The molecule has 6 nitrogen and oxygen atoms in total. The van der Waals surface area contributed by atoms with Gasteiger partial charge in [0.15, 0.2) is 0 Å². The second-order valence-electron chi connectivity index (χ2n) is 7.44. The minimum Gasteiger partial charge on any atom is -0.495 e. The van der Waals surface area contributed by atoms with Crippen LogP contribution in [0.4, 0.5) is 0 Å². The third-order valence-electron chi connectivity index (χ3n) is 5.49. The SMILES string of the molecule is COc1ccc(C)cc1S(=O)(=O)N1CCC[C@H]1C(=O)N1CCC(C)CC1. The number of methoxy groups -OCH3 is 1. The first-order valence-electron chi connectivity index (χ1n) is 9.30. The van der Waals surface area contributed by atoms with Gasteiger partial charge in [0.05, 0.1) is 7.11 Å². The van der Waals surface area contributed by atoms with Crippen LogP contribution in [0.3, 0.4) is 0 Å². The minimum atomic E-state index is -3.79. The van der Waals surface area contributed by atoms with Crippen molar-refractivity contribution >= 4 is 15.9 Å². The molecule has 0 spiro atoms. The summed E-state index contributed by atoms with van der Waals surface area (Å²) in [4.78, 5) is 15.0. The molecule has 2 fully saturated rings. The number of hydrogen-bond acceptors (Lipinski definition) is 4. The maximum Gasteiger partial charge on any atom is 0.247 e. The van der Waals surface area contributed by atoms with Gasteiger partial charge in [0.25, 0.3) is 0 Å². The summed E-state index contributed by atoms with van der Waals surface area (Å²) in [5.74, 6) is 0.893. The van der Waals surface area contributed by atoms with E-state index in [0.29, 0.717) is 31.1 Å². The van der Waals surface area contributed by atoms with E-state index in [1.165, 1.54) is 11.4 Å². The summed E-state index contributed by atoms with van der Waals surface area (Å²) < 4.78 is 33.2. The highest BCUT2D eigenvalue weighted by Gasteiger charge is 2.42. The molecule has 1 atom stereocenters. The van der Waals surface area contributed by atoms with Crippen LogP contribution < -0.4 is 4.74 Å². The van der Waals surface area contributed by atoms with Gasteiger partial charge in [0, 0.05) is 19.6 Å². The van der Waals surface area contributed by atoms with Crippen LogP contribution in [0.5, 0.6) is 5.75 Å². The highest BCUT2D eigenvalue weighted by molar-refractivity contribution is 7.89. The van der Waals surface area contributed by atoms with Crippen LogP contribution in [0.2, 0.25) is 0 Å². The summed E-state index contributed by atoms with van der Waals surface area (Å²) in [6.45, 7) is 5.86. The lowest BCUT2D eigenvalue weighted by atomic mass is 9.98. The molecule has 0 radical (unpaired) electrons. The van der Waals surface area contributed by atoms with Crippen molar-refractivity contribution in [2.24, 2.45) is 5.92 Å². The summed E-state index contributed by atoms with van der Waals surface area (Å²) in [6, 6.07) is 4.51. The van der Waals surface area contributed by atoms with Crippen molar-refractivity contribution in [1.82, 2.24) is 9.21 Å². The standard InChI is InChI=1S/C19H28N2O4S/c1-14-8-11-20(12-9-14)19(22)16-5-4-10-21(16)26(23,24)18-13-15(2)6-7-17(18)25-3/h6-7,13-14,16H,4-5,8-12H2,1-3H3/t16-/m0/s1. The number of nitrogens with zero attached hydrogens (tertiary/aromatic N) is 2. The zero-order valence-corrected chi connectivity index (χ0v) is 16.6. The zero-order chi connectivity index (χ0) is 18.9. The second kappa shape index (κ2) is 7.56. The molecule has 2 aliphatic rings. The summed E-state index contributed by atoms with van der Waals surface area (Å²) in [5.41, 5.74) is 0.844. The molecule has 1 aromatic rings. The lowest BCUT2D eigenvalue weighted by Crippen LogP contribution is -2.49. The van der Waals surface area contributed by atoms with E-state index >= 15 is 0 Å². The van der Waals surface area contributed by atoms with Crippen LogP contribution in [0.1, 0.15) is 38.2 Å². The Bertz CT molecular complexity index is 770. The first-order valence-corrected chi connectivity index (χ1v) is 10.7. The van der Waals surface area contributed by atoms with Gasteiger partial charge in [-0.25, -0.2) is 8.42 Å². The number of rotatable bonds is 4. The lowest BCUT2D eigenvalue weighted by molar-refractivity contribution is -0.135. The van der Waals surface area contributed by atoms with E-state index in [0.717, 1.165) is 31.5 Å². The molecular formula is C19H28N2O4S. The van der Waals surface area contributed by atoms with Gasteiger partial charge in [-0.3, -0.25) is 4.79 Å². The monoisotopic (exact) mass is 380 g/mol. The summed E-state index contributed by atoms with van der Waals surface area (Å²) in [7, 11) is -2.32. The molecule has 2 aliphatic heterocycles. The van der Waals surface area contributed by atoms with Crippen molar-refractivity contribution in [2.45, 2.75) is 50.5 Å². The molecule has 0 unspecified atom stereocenters. The van der Waals surface area contributed by atoms with Gasteiger partial charge in [-0.15, -0.1) is 0 Å². The molecular weight excluding hydrogens is 352 g/mol. The number of benzene rings is 1. The van der Waals surface area contributed by atoms with E-state index in [4.69, 9.17) is 4.74 Å². The molecule has 1 amide bonds. The molecule has 0 N–H and O–H groups in total. The van der Waals surface area contributed by atoms with E-state index < -0.39 is 16.1 Å². The summed E-state index contributed by atoms with van der Waals surface area (Å²) in [6.07, 6.45) is 3.25.